The van der Waals surface area contributed by atoms with Crippen LogP contribution in [0.1, 0.15) is 26.3 Å². The molecule has 0 radical (unpaired) electrons. The van der Waals surface area contributed by atoms with E-state index in [2.05, 4.69) is 32.1 Å². The lowest BCUT2D eigenvalue weighted by atomic mass is 10.2. The van der Waals surface area contributed by atoms with E-state index in [9.17, 15) is 9.59 Å². The molecule has 0 saturated heterocycles. The van der Waals surface area contributed by atoms with Crippen LogP contribution < -0.4 is 20.9 Å². The Kier molecular flexibility index (Phi) is 7.53. The van der Waals surface area contributed by atoms with Crippen molar-refractivity contribution in [1.82, 2.24) is 16.2 Å². The van der Waals surface area contributed by atoms with E-state index in [-0.39, 0.29) is 5.11 Å². The first kappa shape index (κ1) is 21.5. The molecule has 0 fully saturated rings. The fourth-order valence-electron chi connectivity index (χ4n) is 2.54. The molecule has 0 saturated carbocycles. The average molecular weight is 484 g/mol. The second-order valence-electron chi connectivity index (χ2n) is 6.11. The summed E-state index contributed by atoms with van der Waals surface area (Å²) in [7, 11) is 0. The summed E-state index contributed by atoms with van der Waals surface area (Å²) in [6.45, 7) is 0.332. The number of halogens is 1. The predicted molar refractivity (Wildman–Crippen MR) is 122 cm³/mol. The molecule has 0 spiro atoms. The van der Waals surface area contributed by atoms with Gasteiger partial charge in [0.2, 0.25) is 0 Å². The number of benzene rings is 3. The topological polar surface area (TPSA) is 79.5 Å². The van der Waals surface area contributed by atoms with Crippen LogP contribution in [0.5, 0.6) is 5.75 Å². The highest BCUT2D eigenvalue weighted by Crippen LogP contribution is 2.19. The molecule has 3 N–H and O–H groups in total. The van der Waals surface area contributed by atoms with Crippen LogP contribution in [0.2, 0.25) is 0 Å². The molecule has 0 aliphatic heterocycles. The van der Waals surface area contributed by atoms with Gasteiger partial charge in [-0.15, -0.1) is 0 Å². The third-order valence-electron chi connectivity index (χ3n) is 4.00. The maximum Gasteiger partial charge on any atom is 0.273 e. The second-order valence-corrected chi connectivity index (χ2v) is 7.38. The molecule has 3 aromatic carbocycles. The van der Waals surface area contributed by atoms with E-state index >= 15 is 0 Å². The summed E-state index contributed by atoms with van der Waals surface area (Å²) in [4.78, 5) is 24.8. The van der Waals surface area contributed by atoms with E-state index in [1.165, 1.54) is 0 Å². The number of hydrazine groups is 1. The van der Waals surface area contributed by atoms with Gasteiger partial charge in [-0.3, -0.25) is 25.8 Å². The fourth-order valence-corrected chi connectivity index (χ4v) is 3.15. The number of ether oxygens (including phenoxy) is 1. The van der Waals surface area contributed by atoms with Crippen LogP contribution in [0.25, 0.3) is 0 Å². The highest BCUT2D eigenvalue weighted by atomic mass is 79.9. The van der Waals surface area contributed by atoms with Crippen molar-refractivity contribution in [2.24, 2.45) is 0 Å². The zero-order chi connectivity index (χ0) is 21.3. The van der Waals surface area contributed by atoms with Gasteiger partial charge in [0.15, 0.2) is 5.11 Å². The van der Waals surface area contributed by atoms with Crippen LogP contribution in [0, 0.1) is 0 Å². The van der Waals surface area contributed by atoms with E-state index in [4.69, 9.17) is 17.0 Å². The Morgan fingerprint density at radius 2 is 1.43 bits per heavy atom. The zero-order valence-electron chi connectivity index (χ0n) is 15.7. The monoisotopic (exact) mass is 483 g/mol. The number of rotatable bonds is 5. The molecule has 2 amide bonds. The van der Waals surface area contributed by atoms with E-state index in [0.717, 1.165) is 5.56 Å². The van der Waals surface area contributed by atoms with E-state index in [1.807, 2.05) is 30.3 Å². The van der Waals surface area contributed by atoms with Gasteiger partial charge in [0, 0.05) is 4.47 Å². The molecule has 3 aromatic rings. The summed E-state index contributed by atoms with van der Waals surface area (Å²) in [6, 6.07) is 23.5. The molecule has 3 rings (SSSR count). The van der Waals surface area contributed by atoms with E-state index in [1.54, 1.807) is 48.5 Å². The third-order valence-corrected chi connectivity index (χ3v) is 4.90. The van der Waals surface area contributed by atoms with Gasteiger partial charge in [-0.25, -0.2) is 0 Å². The number of para-hydroxylation sites is 1. The van der Waals surface area contributed by atoms with Crippen molar-refractivity contribution >= 4 is 45.1 Å². The Balaban J connectivity index is 1.56. The standard InChI is InChI=1S/C22H18BrN3O3S/c23-18-12-6-4-10-16(18)20(27)24-22(30)26-25-21(28)17-11-5-7-13-19(17)29-14-15-8-2-1-3-9-15/h1-13H,14H2,(H,25,28)(H2,24,26,27,30). The Bertz CT molecular complexity index is 1060. The number of carbonyl (C=O) groups is 2. The second kappa shape index (κ2) is 10.5. The van der Waals surface area contributed by atoms with Crippen LogP contribution in [0.3, 0.4) is 0 Å². The smallest absolute Gasteiger partial charge is 0.273 e. The van der Waals surface area contributed by atoms with Crippen molar-refractivity contribution in [2.75, 3.05) is 0 Å². The van der Waals surface area contributed by atoms with Crippen molar-refractivity contribution in [3.63, 3.8) is 0 Å². The molecule has 0 atom stereocenters. The van der Waals surface area contributed by atoms with Gasteiger partial charge in [-0.05, 0) is 58.0 Å². The van der Waals surface area contributed by atoms with Gasteiger partial charge in [0.25, 0.3) is 11.8 Å². The molecule has 152 valence electrons. The highest BCUT2D eigenvalue weighted by molar-refractivity contribution is 9.10. The van der Waals surface area contributed by atoms with Crippen LogP contribution >= 0.6 is 28.1 Å². The summed E-state index contributed by atoms with van der Waals surface area (Å²) in [5, 5.41) is 2.48. The third kappa shape index (κ3) is 5.88. The largest absolute Gasteiger partial charge is 0.488 e. The van der Waals surface area contributed by atoms with Crippen molar-refractivity contribution in [1.29, 1.82) is 0 Å². The highest BCUT2D eigenvalue weighted by Gasteiger charge is 2.14. The molecule has 6 nitrogen and oxygen atoms in total. The Morgan fingerprint density at radius 3 is 2.17 bits per heavy atom. The number of carbonyl (C=O) groups excluding carboxylic acids is 2. The van der Waals surface area contributed by atoms with Gasteiger partial charge in [0.1, 0.15) is 12.4 Å². The molecular formula is C22H18BrN3O3S. The fraction of sp³-hybridized carbons (Fsp3) is 0.0455. The SMILES string of the molecule is O=C(NC(=S)NNC(=O)c1ccccc1OCc1ccccc1)c1ccccc1Br. The van der Waals surface area contributed by atoms with Gasteiger partial charge in [-0.2, -0.15) is 0 Å². The van der Waals surface area contributed by atoms with E-state index in [0.29, 0.717) is 28.0 Å². The maximum absolute atomic E-state index is 12.6. The molecule has 8 heteroatoms. The quantitative estimate of drug-likeness (QED) is 0.377. The van der Waals surface area contributed by atoms with Crippen LogP contribution in [-0.4, -0.2) is 16.9 Å². The van der Waals surface area contributed by atoms with Crippen molar-refractivity contribution in [2.45, 2.75) is 6.61 Å². The van der Waals surface area contributed by atoms with Crippen molar-refractivity contribution in [3.05, 3.63) is 100 Å². The lowest BCUT2D eigenvalue weighted by Gasteiger charge is -2.14. The minimum atomic E-state index is -0.448. The lowest BCUT2D eigenvalue weighted by molar-refractivity contribution is 0.0930. The van der Waals surface area contributed by atoms with E-state index < -0.39 is 11.8 Å². The predicted octanol–water partition coefficient (Wildman–Crippen LogP) is 3.98. The molecule has 0 aromatic heterocycles. The summed E-state index contributed by atoms with van der Waals surface area (Å²) in [5.74, 6) is -0.416. The summed E-state index contributed by atoms with van der Waals surface area (Å²) in [6.07, 6.45) is 0. The number of hydrogen-bond acceptors (Lipinski definition) is 4. The average Bonchev–Trinajstić information content (AvgIpc) is 2.77. The minimum absolute atomic E-state index is 0.0354. The first-order chi connectivity index (χ1) is 14.5. The van der Waals surface area contributed by atoms with Gasteiger partial charge in [0.05, 0.1) is 11.1 Å². The van der Waals surface area contributed by atoms with Crippen LogP contribution in [-0.2, 0) is 6.61 Å². The van der Waals surface area contributed by atoms with Crippen LogP contribution in [0.4, 0.5) is 0 Å². The summed E-state index contributed by atoms with van der Waals surface area (Å²) >= 11 is 8.40. The van der Waals surface area contributed by atoms with Crippen molar-refractivity contribution < 1.29 is 14.3 Å². The van der Waals surface area contributed by atoms with Crippen molar-refractivity contribution in [3.8, 4) is 5.75 Å². The Hall–Kier alpha value is -3.23. The molecule has 0 heterocycles. The number of thiocarbonyl (C=S) groups is 1. The Labute approximate surface area is 187 Å². The number of hydrogen-bond donors (Lipinski definition) is 3. The lowest BCUT2D eigenvalue weighted by Crippen LogP contribution is -2.48. The van der Waals surface area contributed by atoms with Gasteiger partial charge < -0.3 is 4.74 Å². The minimum Gasteiger partial charge on any atom is -0.488 e. The first-order valence-corrected chi connectivity index (χ1v) is 10.2. The molecule has 0 unspecified atom stereocenters. The first-order valence-electron chi connectivity index (χ1n) is 8.96. The van der Waals surface area contributed by atoms with Gasteiger partial charge >= 0.3 is 0 Å². The Morgan fingerprint density at radius 1 is 0.800 bits per heavy atom. The summed E-state index contributed by atoms with van der Waals surface area (Å²) in [5.41, 5.74) is 6.75. The maximum atomic E-state index is 12.6. The number of nitrogens with one attached hydrogen (secondary N) is 3. The normalized spacial score (nSPS) is 10.0. The molecular weight excluding hydrogens is 466 g/mol. The molecule has 0 aliphatic rings. The number of amides is 2. The molecule has 0 bridgehead atoms. The van der Waals surface area contributed by atoms with Crippen LogP contribution in [0.15, 0.2) is 83.3 Å². The summed E-state index contributed by atoms with van der Waals surface area (Å²) < 4.78 is 6.43. The zero-order valence-corrected chi connectivity index (χ0v) is 18.1. The molecule has 0 aliphatic carbocycles. The molecule has 30 heavy (non-hydrogen) atoms. The van der Waals surface area contributed by atoms with Gasteiger partial charge in [-0.1, -0.05) is 54.6 Å².